The molecule has 0 radical (unpaired) electrons. The van der Waals surface area contributed by atoms with Crippen LogP contribution in [0.15, 0.2) is 33.5 Å². The van der Waals surface area contributed by atoms with E-state index in [0.717, 1.165) is 6.07 Å². The van der Waals surface area contributed by atoms with Gasteiger partial charge in [-0.2, -0.15) is 0 Å². The molecule has 0 aliphatic carbocycles. The number of carboxylic acid groups (broad SMARTS) is 1. The zero-order valence-corrected chi connectivity index (χ0v) is 9.26. The van der Waals surface area contributed by atoms with Crippen molar-refractivity contribution in [1.82, 2.24) is 0 Å². The maximum atomic E-state index is 11.3. The summed E-state index contributed by atoms with van der Waals surface area (Å²) in [7, 11) is 0. The number of fused-ring (bicyclic) bond motifs is 1. The number of esters is 1. The summed E-state index contributed by atoms with van der Waals surface area (Å²) in [6, 6.07) is 5.41. The van der Waals surface area contributed by atoms with Gasteiger partial charge in [-0.1, -0.05) is 0 Å². The second-order valence-corrected chi connectivity index (χ2v) is 3.53. The fourth-order valence-electron chi connectivity index (χ4n) is 1.46. The summed E-state index contributed by atoms with van der Waals surface area (Å²) in [6.07, 6.45) is 0. The molecule has 0 aliphatic rings. The second kappa shape index (κ2) is 4.33. The number of hydrogen-bond donors (Lipinski definition) is 0. The van der Waals surface area contributed by atoms with Crippen molar-refractivity contribution in [2.24, 2.45) is 0 Å². The molecule has 0 atom stereocenters. The average molecular weight is 247 g/mol. The number of aromatic carboxylic acids is 1. The highest BCUT2D eigenvalue weighted by atomic mass is 16.5. The summed E-state index contributed by atoms with van der Waals surface area (Å²) in [4.78, 5) is 32.7. The Balaban J connectivity index is 2.59. The number of hydrogen-bond acceptors (Lipinski definition) is 6. The van der Waals surface area contributed by atoms with Gasteiger partial charge in [0.15, 0.2) is 0 Å². The number of benzene rings is 1. The molecule has 1 aromatic carbocycles. The standard InChI is InChI=1S/C12H8O6/c1-6(13)17-8-3-2-7-4-9(11(14)15)12(16)18-10(7)5-8/h2-5H,1H3,(H,14,15)/p-1. The normalized spacial score (nSPS) is 10.3. The Bertz CT molecular complexity index is 697. The maximum absolute atomic E-state index is 11.3. The monoisotopic (exact) mass is 247 g/mol. The van der Waals surface area contributed by atoms with Crippen molar-refractivity contribution in [3.05, 3.63) is 40.2 Å². The predicted octanol–water partition coefficient (Wildman–Crippen LogP) is 0.0818. The minimum Gasteiger partial charge on any atom is -0.545 e. The molecule has 0 bridgehead atoms. The first-order chi connectivity index (χ1) is 8.47. The molecule has 0 aliphatic heterocycles. The van der Waals surface area contributed by atoms with Crippen molar-refractivity contribution in [3.63, 3.8) is 0 Å². The molecule has 0 fully saturated rings. The van der Waals surface area contributed by atoms with Gasteiger partial charge < -0.3 is 19.1 Å². The minimum absolute atomic E-state index is 0.128. The fourth-order valence-corrected chi connectivity index (χ4v) is 1.46. The van der Waals surface area contributed by atoms with Crippen LogP contribution in [0, 0.1) is 0 Å². The number of carbonyl (C=O) groups excluding carboxylic acids is 2. The Hall–Kier alpha value is -2.63. The molecular formula is C12H7O6-. The molecule has 92 valence electrons. The molecule has 6 heteroatoms. The van der Waals surface area contributed by atoms with Gasteiger partial charge in [0.1, 0.15) is 11.3 Å². The third-order valence-electron chi connectivity index (χ3n) is 2.19. The molecule has 2 aromatic rings. The highest BCUT2D eigenvalue weighted by Gasteiger charge is 2.07. The molecule has 1 heterocycles. The third-order valence-corrected chi connectivity index (χ3v) is 2.19. The summed E-state index contributed by atoms with van der Waals surface area (Å²) >= 11 is 0. The molecular weight excluding hydrogens is 240 g/mol. The Morgan fingerprint density at radius 1 is 1.28 bits per heavy atom. The molecule has 0 saturated carbocycles. The zero-order chi connectivity index (χ0) is 13.3. The Morgan fingerprint density at radius 2 is 2.00 bits per heavy atom. The number of ether oxygens (including phenoxy) is 1. The van der Waals surface area contributed by atoms with Crippen LogP contribution in [0.25, 0.3) is 11.0 Å². The van der Waals surface area contributed by atoms with Gasteiger partial charge in [-0.15, -0.1) is 0 Å². The van der Waals surface area contributed by atoms with Crippen LogP contribution in [0.3, 0.4) is 0 Å². The molecule has 0 saturated heterocycles. The Kier molecular flexibility index (Phi) is 2.85. The number of rotatable bonds is 2. The first kappa shape index (κ1) is 11.8. The third kappa shape index (κ3) is 2.22. The summed E-state index contributed by atoms with van der Waals surface area (Å²) in [6.45, 7) is 1.24. The smallest absolute Gasteiger partial charge is 0.345 e. The Morgan fingerprint density at radius 3 is 2.61 bits per heavy atom. The summed E-state index contributed by atoms with van der Waals surface area (Å²) in [5.41, 5.74) is -1.44. The van der Waals surface area contributed by atoms with Crippen LogP contribution in [0.2, 0.25) is 0 Å². The van der Waals surface area contributed by atoms with Gasteiger partial charge in [0.2, 0.25) is 0 Å². The molecule has 1 aromatic heterocycles. The average Bonchev–Trinajstić information content (AvgIpc) is 2.26. The van der Waals surface area contributed by atoms with Crippen molar-refractivity contribution >= 4 is 22.9 Å². The van der Waals surface area contributed by atoms with E-state index in [1.54, 1.807) is 0 Å². The van der Waals surface area contributed by atoms with Crippen LogP contribution in [0.5, 0.6) is 5.75 Å². The molecule has 18 heavy (non-hydrogen) atoms. The summed E-state index contributed by atoms with van der Waals surface area (Å²) in [5.74, 6) is -1.91. The van der Waals surface area contributed by atoms with Crippen molar-refractivity contribution in [2.45, 2.75) is 6.92 Å². The molecule has 0 amide bonds. The van der Waals surface area contributed by atoms with Crippen molar-refractivity contribution in [2.75, 3.05) is 0 Å². The van der Waals surface area contributed by atoms with Crippen LogP contribution in [0.1, 0.15) is 17.3 Å². The maximum Gasteiger partial charge on any atom is 0.345 e. The quantitative estimate of drug-likeness (QED) is 0.423. The van der Waals surface area contributed by atoms with Crippen LogP contribution in [0.4, 0.5) is 0 Å². The summed E-state index contributed by atoms with van der Waals surface area (Å²) in [5, 5.41) is 11.0. The van der Waals surface area contributed by atoms with E-state index in [1.807, 2.05) is 0 Å². The lowest BCUT2D eigenvalue weighted by molar-refractivity contribution is -0.255. The van der Waals surface area contributed by atoms with Crippen molar-refractivity contribution in [1.29, 1.82) is 0 Å². The van der Waals surface area contributed by atoms with E-state index >= 15 is 0 Å². The van der Waals surface area contributed by atoms with E-state index in [4.69, 9.17) is 9.15 Å². The number of carbonyl (C=O) groups is 2. The highest BCUT2D eigenvalue weighted by molar-refractivity contribution is 5.90. The SMILES string of the molecule is CC(=O)Oc1ccc2cc(C(=O)[O-])c(=O)oc2c1. The molecule has 0 unspecified atom stereocenters. The first-order valence-corrected chi connectivity index (χ1v) is 4.95. The van der Waals surface area contributed by atoms with E-state index < -0.39 is 23.1 Å². The lowest BCUT2D eigenvalue weighted by Crippen LogP contribution is -2.28. The topological polar surface area (TPSA) is 96.6 Å². The lowest BCUT2D eigenvalue weighted by atomic mass is 10.2. The van der Waals surface area contributed by atoms with Gasteiger partial charge in [0, 0.05) is 18.4 Å². The van der Waals surface area contributed by atoms with Crippen LogP contribution < -0.4 is 15.5 Å². The van der Waals surface area contributed by atoms with E-state index in [-0.39, 0.29) is 11.3 Å². The molecule has 0 spiro atoms. The fraction of sp³-hybridized carbons (Fsp3) is 0.0833. The predicted molar refractivity (Wildman–Crippen MR) is 58.1 cm³/mol. The van der Waals surface area contributed by atoms with Crippen LogP contribution in [-0.2, 0) is 4.79 Å². The van der Waals surface area contributed by atoms with E-state index in [1.165, 1.54) is 25.1 Å². The molecule has 2 rings (SSSR count). The van der Waals surface area contributed by atoms with Crippen LogP contribution in [-0.4, -0.2) is 11.9 Å². The van der Waals surface area contributed by atoms with Gasteiger partial charge in [0.05, 0.1) is 11.5 Å². The van der Waals surface area contributed by atoms with Crippen LogP contribution >= 0.6 is 0 Å². The van der Waals surface area contributed by atoms with E-state index in [2.05, 4.69) is 0 Å². The highest BCUT2D eigenvalue weighted by Crippen LogP contribution is 2.20. The van der Waals surface area contributed by atoms with Gasteiger partial charge in [-0.3, -0.25) is 4.79 Å². The zero-order valence-electron chi connectivity index (χ0n) is 9.26. The van der Waals surface area contributed by atoms with Gasteiger partial charge >= 0.3 is 11.6 Å². The summed E-state index contributed by atoms with van der Waals surface area (Å²) < 4.78 is 9.62. The van der Waals surface area contributed by atoms with Crippen molar-refractivity contribution < 1.29 is 23.8 Å². The lowest BCUT2D eigenvalue weighted by Gasteiger charge is -2.04. The van der Waals surface area contributed by atoms with Gasteiger partial charge in [0.25, 0.3) is 0 Å². The first-order valence-electron chi connectivity index (χ1n) is 4.95. The van der Waals surface area contributed by atoms with Gasteiger partial charge in [-0.05, 0) is 18.2 Å². The second-order valence-electron chi connectivity index (χ2n) is 3.53. The largest absolute Gasteiger partial charge is 0.545 e. The van der Waals surface area contributed by atoms with Crippen molar-refractivity contribution in [3.8, 4) is 5.75 Å². The Labute approximate surface area is 100 Å². The molecule has 6 nitrogen and oxygen atoms in total. The number of carboxylic acids is 1. The van der Waals surface area contributed by atoms with E-state index in [0.29, 0.717) is 5.39 Å². The van der Waals surface area contributed by atoms with E-state index in [9.17, 15) is 19.5 Å². The van der Waals surface area contributed by atoms with Gasteiger partial charge in [-0.25, -0.2) is 4.79 Å². The molecule has 0 N–H and O–H groups in total. The minimum atomic E-state index is -1.60.